The molecule has 1 amide bonds. The van der Waals surface area contributed by atoms with Crippen LogP contribution in [0, 0.1) is 0 Å². The fourth-order valence-electron chi connectivity index (χ4n) is 2.45. The van der Waals surface area contributed by atoms with Crippen LogP contribution in [0.15, 0.2) is 73.1 Å². The molecule has 0 aliphatic heterocycles. The monoisotopic (exact) mass is 335 g/mol. The summed E-state index contributed by atoms with van der Waals surface area (Å²) in [4.78, 5) is 23.8. The zero-order chi connectivity index (χ0) is 17.6. The van der Waals surface area contributed by atoms with Crippen LogP contribution in [0.4, 0.5) is 0 Å². The minimum absolute atomic E-state index is 0.217. The number of aromatic nitrogens is 2. The van der Waals surface area contributed by atoms with Crippen molar-refractivity contribution >= 4 is 11.9 Å². The molecular weight excluding hydrogens is 318 g/mol. The highest BCUT2D eigenvalue weighted by Gasteiger charge is 2.22. The quantitative estimate of drug-likeness (QED) is 0.724. The molecule has 3 rings (SSSR count). The number of nitrogens with one attached hydrogen (secondary N) is 1. The summed E-state index contributed by atoms with van der Waals surface area (Å²) in [6.45, 7) is 0. The number of carboxylic acid groups (broad SMARTS) is 1. The van der Waals surface area contributed by atoms with Crippen molar-refractivity contribution in [2.75, 3.05) is 0 Å². The van der Waals surface area contributed by atoms with Crippen LogP contribution >= 0.6 is 0 Å². The molecule has 2 aromatic carbocycles. The van der Waals surface area contributed by atoms with Gasteiger partial charge in [0.05, 0.1) is 17.4 Å². The van der Waals surface area contributed by atoms with Gasteiger partial charge in [0.15, 0.2) is 0 Å². The third kappa shape index (κ3) is 4.11. The molecule has 6 nitrogen and oxygen atoms in total. The molecule has 1 aromatic heterocycles. The topological polar surface area (TPSA) is 84.2 Å². The molecule has 0 bridgehead atoms. The summed E-state index contributed by atoms with van der Waals surface area (Å²) in [7, 11) is 0. The second-order valence-corrected chi connectivity index (χ2v) is 5.56. The SMILES string of the molecule is O=C(N[C@@H](Cc1ccccc1)C(=O)O)c1cnn(-c2ccccc2)c1. The van der Waals surface area contributed by atoms with Crippen LogP contribution in [0.1, 0.15) is 15.9 Å². The van der Waals surface area contributed by atoms with Crippen molar-refractivity contribution in [3.05, 3.63) is 84.2 Å². The summed E-state index contributed by atoms with van der Waals surface area (Å²) < 4.78 is 1.57. The van der Waals surface area contributed by atoms with Crippen molar-refractivity contribution in [1.29, 1.82) is 0 Å². The average Bonchev–Trinajstić information content (AvgIpc) is 3.13. The summed E-state index contributed by atoms with van der Waals surface area (Å²) in [5.41, 5.74) is 1.97. The van der Waals surface area contributed by atoms with E-state index in [1.54, 1.807) is 10.9 Å². The Hall–Kier alpha value is -3.41. The zero-order valence-corrected chi connectivity index (χ0v) is 13.4. The predicted octanol–water partition coefficient (Wildman–Crippen LogP) is 2.30. The van der Waals surface area contributed by atoms with Crippen LogP contribution in [0.25, 0.3) is 5.69 Å². The van der Waals surface area contributed by atoms with Gasteiger partial charge in [-0.05, 0) is 17.7 Å². The average molecular weight is 335 g/mol. The van der Waals surface area contributed by atoms with Crippen molar-refractivity contribution in [3.63, 3.8) is 0 Å². The molecule has 0 radical (unpaired) electrons. The minimum Gasteiger partial charge on any atom is -0.480 e. The number of hydrogen-bond donors (Lipinski definition) is 2. The van der Waals surface area contributed by atoms with E-state index >= 15 is 0 Å². The van der Waals surface area contributed by atoms with E-state index in [2.05, 4.69) is 10.4 Å². The van der Waals surface area contributed by atoms with Crippen molar-refractivity contribution in [2.24, 2.45) is 0 Å². The van der Waals surface area contributed by atoms with Gasteiger partial charge in [-0.2, -0.15) is 5.10 Å². The van der Waals surface area contributed by atoms with Gasteiger partial charge in [-0.1, -0.05) is 48.5 Å². The Balaban J connectivity index is 1.72. The number of benzene rings is 2. The lowest BCUT2D eigenvalue weighted by molar-refractivity contribution is -0.139. The van der Waals surface area contributed by atoms with Crippen LogP contribution in [0.3, 0.4) is 0 Å². The third-order valence-corrected chi connectivity index (χ3v) is 3.75. The van der Waals surface area contributed by atoms with E-state index in [-0.39, 0.29) is 6.42 Å². The molecule has 25 heavy (non-hydrogen) atoms. The highest BCUT2D eigenvalue weighted by Crippen LogP contribution is 2.09. The number of carboxylic acids is 1. The van der Waals surface area contributed by atoms with Crippen molar-refractivity contribution in [2.45, 2.75) is 12.5 Å². The Labute approximate surface area is 144 Å². The number of rotatable bonds is 6. The molecule has 0 saturated heterocycles. The molecule has 0 aliphatic carbocycles. The second kappa shape index (κ2) is 7.44. The largest absolute Gasteiger partial charge is 0.480 e. The first kappa shape index (κ1) is 16.4. The second-order valence-electron chi connectivity index (χ2n) is 5.56. The van der Waals surface area contributed by atoms with E-state index in [0.29, 0.717) is 5.56 Å². The first-order chi connectivity index (χ1) is 12.1. The summed E-state index contributed by atoms with van der Waals surface area (Å²) in [6, 6.07) is 17.5. The van der Waals surface area contributed by atoms with Gasteiger partial charge >= 0.3 is 5.97 Å². The van der Waals surface area contributed by atoms with Crippen molar-refractivity contribution in [1.82, 2.24) is 15.1 Å². The highest BCUT2D eigenvalue weighted by molar-refractivity contribution is 5.96. The summed E-state index contributed by atoms with van der Waals surface area (Å²) in [5, 5.41) is 16.1. The molecule has 0 saturated carbocycles. The number of hydrogen-bond acceptors (Lipinski definition) is 3. The minimum atomic E-state index is -1.08. The number of carbonyl (C=O) groups is 2. The molecule has 0 spiro atoms. The number of para-hydroxylation sites is 1. The molecule has 126 valence electrons. The Kier molecular flexibility index (Phi) is 4.89. The van der Waals surface area contributed by atoms with Gasteiger partial charge in [-0.3, -0.25) is 4.79 Å². The molecule has 1 atom stereocenters. The Morgan fingerprint density at radius 2 is 1.68 bits per heavy atom. The molecule has 1 heterocycles. The third-order valence-electron chi connectivity index (χ3n) is 3.75. The number of aliphatic carboxylic acids is 1. The van der Waals surface area contributed by atoms with Gasteiger partial charge in [0, 0.05) is 12.6 Å². The number of amides is 1. The highest BCUT2D eigenvalue weighted by atomic mass is 16.4. The van der Waals surface area contributed by atoms with E-state index in [9.17, 15) is 14.7 Å². The normalized spacial score (nSPS) is 11.7. The van der Waals surface area contributed by atoms with Gasteiger partial charge in [-0.25, -0.2) is 9.48 Å². The first-order valence-electron chi connectivity index (χ1n) is 7.81. The summed E-state index contributed by atoms with van der Waals surface area (Å²) in [5.74, 6) is -1.54. The van der Waals surface area contributed by atoms with Gasteiger partial charge in [0.1, 0.15) is 6.04 Å². The maximum Gasteiger partial charge on any atom is 0.326 e. The van der Waals surface area contributed by atoms with Crippen molar-refractivity contribution in [3.8, 4) is 5.69 Å². The van der Waals surface area contributed by atoms with Crippen LogP contribution in [-0.2, 0) is 11.2 Å². The molecule has 0 unspecified atom stereocenters. The lowest BCUT2D eigenvalue weighted by atomic mass is 10.1. The van der Waals surface area contributed by atoms with Gasteiger partial charge in [0.2, 0.25) is 0 Å². The van der Waals surface area contributed by atoms with Crippen LogP contribution in [0.5, 0.6) is 0 Å². The molecule has 6 heteroatoms. The van der Waals surface area contributed by atoms with Crippen molar-refractivity contribution < 1.29 is 14.7 Å². The van der Waals surface area contributed by atoms with E-state index < -0.39 is 17.9 Å². The molecule has 3 aromatic rings. The summed E-state index contributed by atoms with van der Waals surface area (Å²) >= 11 is 0. The van der Waals surface area contributed by atoms with Crippen LogP contribution in [0.2, 0.25) is 0 Å². The van der Waals surface area contributed by atoms with E-state index in [1.165, 1.54) is 6.20 Å². The maximum absolute atomic E-state index is 12.4. The molecule has 0 fully saturated rings. The Morgan fingerprint density at radius 1 is 1.04 bits per heavy atom. The lowest BCUT2D eigenvalue weighted by Gasteiger charge is -2.14. The Morgan fingerprint density at radius 3 is 2.32 bits per heavy atom. The number of nitrogens with zero attached hydrogens (tertiary/aromatic N) is 2. The van der Waals surface area contributed by atoms with Crippen LogP contribution < -0.4 is 5.32 Å². The molecule has 0 aliphatic rings. The fraction of sp³-hybridized carbons (Fsp3) is 0.105. The van der Waals surface area contributed by atoms with Gasteiger partial charge < -0.3 is 10.4 Å². The van der Waals surface area contributed by atoms with Gasteiger partial charge in [0.25, 0.3) is 5.91 Å². The molecule has 2 N–H and O–H groups in total. The van der Waals surface area contributed by atoms with E-state index in [4.69, 9.17) is 0 Å². The van der Waals surface area contributed by atoms with E-state index in [1.807, 2.05) is 60.7 Å². The van der Waals surface area contributed by atoms with Crippen LogP contribution in [-0.4, -0.2) is 32.8 Å². The smallest absolute Gasteiger partial charge is 0.326 e. The fourth-order valence-corrected chi connectivity index (χ4v) is 2.45. The van der Waals surface area contributed by atoms with E-state index in [0.717, 1.165) is 11.3 Å². The van der Waals surface area contributed by atoms with Gasteiger partial charge in [-0.15, -0.1) is 0 Å². The first-order valence-corrected chi connectivity index (χ1v) is 7.81. The standard InChI is InChI=1S/C19H17N3O3/c23-18(15-12-20-22(13-15)16-9-5-2-6-10-16)21-17(19(24)25)11-14-7-3-1-4-8-14/h1-10,12-13,17H,11H2,(H,21,23)(H,24,25)/t17-/m0/s1. The Bertz CT molecular complexity index is 860. The molecular formula is C19H17N3O3. The predicted molar refractivity (Wildman–Crippen MR) is 92.6 cm³/mol. The number of carbonyl (C=O) groups excluding carboxylic acids is 1. The summed E-state index contributed by atoms with van der Waals surface area (Å²) in [6.07, 6.45) is 3.21. The lowest BCUT2D eigenvalue weighted by Crippen LogP contribution is -2.42. The zero-order valence-electron chi connectivity index (χ0n) is 13.4. The maximum atomic E-state index is 12.4.